The van der Waals surface area contributed by atoms with Gasteiger partial charge in [0.1, 0.15) is 12.6 Å². The van der Waals surface area contributed by atoms with E-state index >= 15 is 0 Å². The molecule has 2 amide bonds. The van der Waals surface area contributed by atoms with Gasteiger partial charge in [-0.25, -0.2) is 0 Å². The van der Waals surface area contributed by atoms with E-state index in [-0.39, 0.29) is 36.7 Å². The van der Waals surface area contributed by atoms with E-state index in [2.05, 4.69) is 15.9 Å². The number of ketones is 1. The van der Waals surface area contributed by atoms with Crippen LogP contribution < -0.4 is 0 Å². The third-order valence-electron chi connectivity index (χ3n) is 3.95. The van der Waals surface area contributed by atoms with Gasteiger partial charge in [0.25, 0.3) is 0 Å². The van der Waals surface area contributed by atoms with Crippen LogP contribution in [0.15, 0.2) is 15.9 Å². The number of halogens is 1. The van der Waals surface area contributed by atoms with Crippen molar-refractivity contribution in [3.05, 3.63) is 20.8 Å². The molecule has 1 unspecified atom stereocenters. The lowest BCUT2D eigenvalue weighted by Crippen LogP contribution is -2.61. The van der Waals surface area contributed by atoms with Crippen molar-refractivity contribution in [3.63, 3.8) is 0 Å². The Morgan fingerprint density at radius 3 is 2.90 bits per heavy atom. The molecular weight excluding hydrogens is 356 g/mol. The summed E-state index contributed by atoms with van der Waals surface area (Å²) in [5, 5.41) is 1.82. The van der Waals surface area contributed by atoms with Crippen LogP contribution in [0.5, 0.6) is 0 Å². The molecule has 2 fully saturated rings. The number of nitrogens with zero attached hydrogens (tertiary/aromatic N) is 2. The predicted molar refractivity (Wildman–Crippen MR) is 82.3 cm³/mol. The molecule has 0 bridgehead atoms. The average molecular weight is 371 g/mol. The van der Waals surface area contributed by atoms with Crippen LogP contribution in [-0.2, 0) is 9.59 Å². The third kappa shape index (κ3) is 2.76. The molecule has 3 rings (SSSR count). The molecule has 0 N–H and O–H groups in total. The summed E-state index contributed by atoms with van der Waals surface area (Å²) in [6.07, 6.45) is 2.62. The molecule has 0 aliphatic carbocycles. The van der Waals surface area contributed by atoms with E-state index in [1.165, 1.54) is 16.2 Å². The number of piperidine rings is 1. The van der Waals surface area contributed by atoms with E-state index in [4.69, 9.17) is 0 Å². The van der Waals surface area contributed by atoms with Crippen LogP contribution in [-0.4, -0.2) is 53.1 Å². The highest BCUT2D eigenvalue weighted by Gasteiger charge is 2.40. The maximum atomic E-state index is 12.5. The van der Waals surface area contributed by atoms with Gasteiger partial charge in [-0.2, -0.15) is 0 Å². The second-order valence-electron chi connectivity index (χ2n) is 5.31. The van der Waals surface area contributed by atoms with Gasteiger partial charge >= 0.3 is 0 Å². The van der Waals surface area contributed by atoms with E-state index in [0.29, 0.717) is 17.8 Å². The van der Waals surface area contributed by atoms with Gasteiger partial charge in [-0.1, -0.05) is 0 Å². The first-order valence-corrected chi connectivity index (χ1v) is 8.59. The van der Waals surface area contributed by atoms with Crippen LogP contribution >= 0.6 is 27.3 Å². The Balaban J connectivity index is 1.74. The van der Waals surface area contributed by atoms with Gasteiger partial charge in [0.05, 0.1) is 11.4 Å². The summed E-state index contributed by atoms with van der Waals surface area (Å²) in [6.45, 7) is 0.658. The number of hydrogen-bond donors (Lipinski definition) is 0. The summed E-state index contributed by atoms with van der Waals surface area (Å²) in [7, 11) is 0. The Hall–Kier alpha value is -1.21. The van der Waals surface area contributed by atoms with Gasteiger partial charge in [0.2, 0.25) is 11.8 Å². The molecule has 3 heterocycles. The Bertz CT molecular complexity index is 601. The fourth-order valence-corrected chi connectivity index (χ4v) is 4.43. The van der Waals surface area contributed by atoms with Crippen molar-refractivity contribution in [2.75, 3.05) is 19.6 Å². The number of rotatable bonds is 3. The summed E-state index contributed by atoms with van der Waals surface area (Å²) >= 11 is 4.67. The van der Waals surface area contributed by atoms with Crippen LogP contribution in [0.25, 0.3) is 0 Å². The van der Waals surface area contributed by atoms with Crippen LogP contribution in [0.3, 0.4) is 0 Å². The first-order chi connectivity index (χ1) is 10.1. The van der Waals surface area contributed by atoms with E-state index in [9.17, 15) is 14.4 Å². The summed E-state index contributed by atoms with van der Waals surface area (Å²) in [5.74, 6) is -0.255. The quantitative estimate of drug-likeness (QED) is 0.763. The SMILES string of the molecule is O=C(CN1CC(=O)N2CCCCC2C1=O)c1sccc1Br. The standard InChI is InChI=1S/C14H15BrN2O3S/c15-9-4-6-21-13(9)11(18)7-16-8-12(19)17-5-2-1-3-10(17)14(16)20/h4,6,10H,1-3,5,7-8H2. The highest BCUT2D eigenvalue weighted by Crippen LogP contribution is 2.26. The van der Waals surface area contributed by atoms with Crippen LogP contribution in [0.2, 0.25) is 0 Å². The van der Waals surface area contributed by atoms with Crippen molar-refractivity contribution >= 4 is 44.9 Å². The topological polar surface area (TPSA) is 57.7 Å². The van der Waals surface area contributed by atoms with Gasteiger partial charge in [-0.05, 0) is 46.6 Å². The van der Waals surface area contributed by atoms with Gasteiger partial charge in [0.15, 0.2) is 5.78 Å². The first-order valence-electron chi connectivity index (χ1n) is 6.92. The molecule has 1 aromatic heterocycles. The largest absolute Gasteiger partial charge is 0.329 e. The second kappa shape index (κ2) is 5.88. The Labute approximate surface area is 135 Å². The summed E-state index contributed by atoms with van der Waals surface area (Å²) in [6, 6.07) is 1.45. The fourth-order valence-electron chi connectivity index (χ4n) is 2.90. The molecule has 0 saturated carbocycles. The molecule has 1 atom stereocenters. The van der Waals surface area contributed by atoms with Crippen molar-refractivity contribution in [1.82, 2.24) is 9.80 Å². The summed E-state index contributed by atoms with van der Waals surface area (Å²) < 4.78 is 0.743. The predicted octanol–water partition coefficient (Wildman–Crippen LogP) is 1.92. The molecule has 2 aliphatic heterocycles. The second-order valence-corrected chi connectivity index (χ2v) is 7.08. The molecule has 2 saturated heterocycles. The summed E-state index contributed by atoms with van der Waals surface area (Å²) in [4.78, 5) is 40.5. The Morgan fingerprint density at radius 2 is 2.19 bits per heavy atom. The molecule has 0 radical (unpaired) electrons. The lowest BCUT2D eigenvalue weighted by Gasteiger charge is -2.42. The van der Waals surface area contributed by atoms with Crippen molar-refractivity contribution in [3.8, 4) is 0 Å². The highest BCUT2D eigenvalue weighted by molar-refractivity contribution is 9.10. The zero-order valence-corrected chi connectivity index (χ0v) is 13.8. The lowest BCUT2D eigenvalue weighted by atomic mass is 9.98. The van der Waals surface area contributed by atoms with E-state index < -0.39 is 0 Å². The van der Waals surface area contributed by atoms with Crippen molar-refractivity contribution in [2.45, 2.75) is 25.3 Å². The first kappa shape index (κ1) is 14.7. The number of fused-ring (bicyclic) bond motifs is 1. The molecule has 112 valence electrons. The van der Waals surface area contributed by atoms with Crippen molar-refractivity contribution in [1.29, 1.82) is 0 Å². The van der Waals surface area contributed by atoms with Crippen LogP contribution in [0.4, 0.5) is 0 Å². The third-order valence-corrected chi connectivity index (χ3v) is 5.83. The van der Waals surface area contributed by atoms with Crippen molar-refractivity contribution < 1.29 is 14.4 Å². The average Bonchev–Trinajstić information content (AvgIpc) is 2.91. The zero-order valence-electron chi connectivity index (χ0n) is 11.4. The zero-order chi connectivity index (χ0) is 15.0. The summed E-state index contributed by atoms with van der Waals surface area (Å²) in [5.41, 5.74) is 0. The molecule has 2 aliphatic rings. The van der Waals surface area contributed by atoms with E-state index in [1.54, 1.807) is 4.90 Å². The fraction of sp³-hybridized carbons (Fsp3) is 0.500. The van der Waals surface area contributed by atoms with Crippen LogP contribution in [0.1, 0.15) is 28.9 Å². The molecular formula is C14H15BrN2O3S. The van der Waals surface area contributed by atoms with Gasteiger partial charge in [0, 0.05) is 11.0 Å². The van der Waals surface area contributed by atoms with E-state index in [0.717, 1.165) is 17.3 Å². The number of Topliss-reactive ketones (excluding diaryl/α,β-unsaturated/α-hetero) is 1. The normalized spacial score (nSPS) is 22.4. The molecule has 21 heavy (non-hydrogen) atoms. The minimum Gasteiger partial charge on any atom is -0.329 e. The maximum Gasteiger partial charge on any atom is 0.246 e. The minimum atomic E-state index is -0.362. The molecule has 5 nitrogen and oxygen atoms in total. The van der Waals surface area contributed by atoms with Crippen molar-refractivity contribution in [2.24, 2.45) is 0 Å². The minimum absolute atomic E-state index is 0.0179. The maximum absolute atomic E-state index is 12.5. The number of carbonyl (C=O) groups excluding carboxylic acids is 3. The molecule has 0 aromatic carbocycles. The smallest absolute Gasteiger partial charge is 0.246 e. The molecule has 0 spiro atoms. The van der Waals surface area contributed by atoms with E-state index in [1.807, 2.05) is 11.4 Å². The number of hydrogen-bond acceptors (Lipinski definition) is 4. The molecule has 7 heteroatoms. The van der Waals surface area contributed by atoms with Gasteiger partial charge < -0.3 is 9.80 Å². The van der Waals surface area contributed by atoms with Crippen LogP contribution in [0, 0.1) is 0 Å². The number of carbonyl (C=O) groups is 3. The lowest BCUT2D eigenvalue weighted by molar-refractivity contribution is -0.157. The molecule has 1 aromatic rings. The highest BCUT2D eigenvalue weighted by atomic mass is 79.9. The van der Waals surface area contributed by atoms with Gasteiger partial charge in [-0.15, -0.1) is 11.3 Å². The number of piperazine rings is 1. The number of thiophene rings is 1. The Morgan fingerprint density at radius 1 is 1.38 bits per heavy atom. The number of amides is 2. The monoisotopic (exact) mass is 370 g/mol. The van der Waals surface area contributed by atoms with Gasteiger partial charge in [-0.3, -0.25) is 14.4 Å². The Kier molecular flexibility index (Phi) is 4.12.